The third kappa shape index (κ3) is 2.34. The maximum absolute atomic E-state index is 5.15. The van der Waals surface area contributed by atoms with Crippen LogP contribution < -0.4 is 0 Å². The molecule has 0 aliphatic rings. The highest BCUT2D eigenvalue weighted by Crippen LogP contribution is 2.03. The lowest BCUT2D eigenvalue weighted by Crippen LogP contribution is -1.88. The molecule has 2 nitrogen and oxygen atoms in total. The highest BCUT2D eigenvalue weighted by atomic mass is 15.0. The van der Waals surface area contributed by atoms with E-state index in [1.807, 2.05) is 30.8 Å². The molecule has 0 aromatic carbocycles. The molecule has 0 spiro atoms. The Hall–Kier alpha value is -1.75. The van der Waals surface area contributed by atoms with Crippen molar-refractivity contribution in [2.75, 3.05) is 0 Å². The van der Waals surface area contributed by atoms with Gasteiger partial charge < -0.3 is 4.57 Å². The predicted octanol–water partition coefficient (Wildman–Crippen LogP) is 1.93. The number of hydrogen-bond donors (Lipinski definition) is 0. The quantitative estimate of drug-likeness (QED) is 0.492. The molecule has 0 N–H and O–H groups in total. The van der Waals surface area contributed by atoms with Gasteiger partial charge in [0.1, 0.15) is 5.82 Å². The maximum atomic E-state index is 5.15. The van der Waals surface area contributed by atoms with Gasteiger partial charge in [0.15, 0.2) is 0 Å². The van der Waals surface area contributed by atoms with E-state index in [9.17, 15) is 0 Å². The van der Waals surface area contributed by atoms with E-state index in [2.05, 4.69) is 17.5 Å². The standard InChI is InChI=1S/C11H12N2/c1-5-9(2)6-7-11-12-10(3)8-13(11)4/h1,6-8H,2H2,3-4H3/b7-6-. The molecule has 66 valence electrons. The number of imidazole rings is 1. The summed E-state index contributed by atoms with van der Waals surface area (Å²) in [7, 11) is 1.94. The first-order valence-corrected chi connectivity index (χ1v) is 3.97. The Balaban J connectivity index is 2.87. The molecule has 1 rings (SSSR count). The van der Waals surface area contributed by atoms with Crippen LogP contribution in [0.15, 0.2) is 24.4 Å². The van der Waals surface area contributed by atoms with Crippen LogP contribution >= 0.6 is 0 Å². The molecule has 0 amide bonds. The Morgan fingerprint density at radius 3 is 2.92 bits per heavy atom. The summed E-state index contributed by atoms with van der Waals surface area (Å²) in [5, 5.41) is 0. The van der Waals surface area contributed by atoms with Crippen LogP contribution in [-0.2, 0) is 7.05 Å². The number of aromatic nitrogens is 2. The van der Waals surface area contributed by atoms with E-state index in [-0.39, 0.29) is 0 Å². The number of nitrogens with zero attached hydrogens (tertiary/aromatic N) is 2. The first-order chi connectivity index (χ1) is 6.13. The van der Waals surface area contributed by atoms with Gasteiger partial charge in [0.05, 0.1) is 5.69 Å². The van der Waals surface area contributed by atoms with Crippen molar-refractivity contribution in [3.63, 3.8) is 0 Å². The van der Waals surface area contributed by atoms with Crippen molar-refractivity contribution >= 4 is 6.08 Å². The third-order valence-electron chi connectivity index (χ3n) is 1.65. The van der Waals surface area contributed by atoms with Gasteiger partial charge in [-0.15, -0.1) is 6.42 Å². The molecule has 0 atom stereocenters. The van der Waals surface area contributed by atoms with Gasteiger partial charge in [-0.1, -0.05) is 12.5 Å². The third-order valence-corrected chi connectivity index (χ3v) is 1.65. The van der Waals surface area contributed by atoms with Crippen molar-refractivity contribution in [1.29, 1.82) is 0 Å². The topological polar surface area (TPSA) is 17.8 Å². The molecule has 2 heteroatoms. The Labute approximate surface area is 78.6 Å². The second-order valence-electron chi connectivity index (χ2n) is 2.85. The molecule has 1 aromatic heterocycles. The van der Waals surface area contributed by atoms with Gasteiger partial charge in [-0.2, -0.15) is 0 Å². The van der Waals surface area contributed by atoms with Crippen LogP contribution in [0.25, 0.3) is 6.08 Å². The first-order valence-electron chi connectivity index (χ1n) is 3.97. The van der Waals surface area contributed by atoms with Crippen LogP contribution in [0.2, 0.25) is 0 Å². The zero-order valence-corrected chi connectivity index (χ0v) is 7.91. The number of hydrogen-bond acceptors (Lipinski definition) is 1. The smallest absolute Gasteiger partial charge is 0.132 e. The Morgan fingerprint density at radius 1 is 1.77 bits per heavy atom. The van der Waals surface area contributed by atoms with Crippen molar-refractivity contribution in [1.82, 2.24) is 9.55 Å². The van der Waals surface area contributed by atoms with Gasteiger partial charge in [-0.05, 0) is 19.1 Å². The molecule has 0 aliphatic carbocycles. The number of terminal acetylenes is 1. The van der Waals surface area contributed by atoms with Gasteiger partial charge in [-0.25, -0.2) is 4.98 Å². The van der Waals surface area contributed by atoms with E-state index in [0.29, 0.717) is 5.57 Å². The highest BCUT2D eigenvalue weighted by Gasteiger charge is 1.96. The average molecular weight is 172 g/mol. The Bertz CT molecular complexity index is 389. The van der Waals surface area contributed by atoms with Gasteiger partial charge in [0, 0.05) is 18.8 Å². The summed E-state index contributed by atoms with van der Waals surface area (Å²) in [5.41, 5.74) is 1.65. The Kier molecular flexibility index (Phi) is 2.71. The van der Waals surface area contributed by atoms with Gasteiger partial charge in [0.2, 0.25) is 0 Å². The van der Waals surface area contributed by atoms with E-state index in [1.165, 1.54) is 0 Å². The zero-order valence-electron chi connectivity index (χ0n) is 7.91. The summed E-state index contributed by atoms with van der Waals surface area (Å²) >= 11 is 0. The van der Waals surface area contributed by atoms with Crippen LogP contribution in [0, 0.1) is 19.3 Å². The number of aryl methyl sites for hydroxylation is 2. The van der Waals surface area contributed by atoms with Gasteiger partial charge in [-0.3, -0.25) is 0 Å². The van der Waals surface area contributed by atoms with Crippen LogP contribution in [0.4, 0.5) is 0 Å². The van der Waals surface area contributed by atoms with Gasteiger partial charge >= 0.3 is 0 Å². The molecule has 0 aliphatic heterocycles. The van der Waals surface area contributed by atoms with Crippen molar-refractivity contribution in [3.05, 3.63) is 35.9 Å². The molecule has 1 aromatic rings. The van der Waals surface area contributed by atoms with E-state index in [0.717, 1.165) is 11.5 Å². The summed E-state index contributed by atoms with van der Waals surface area (Å²) in [5.74, 6) is 3.33. The average Bonchev–Trinajstić information content (AvgIpc) is 2.41. The molecule has 0 saturated heterocycles. The maximum Gasteiger partial charge on any atom is 0.132 e. The molecule has 0 saturated carbocycles. The molecule has 13 heavy (non-hydrogen) atoms. The van der Waals surface area contributed by atoms with Crippen LogP contribution in [0.5, 0.6) is 0 Å². The molecular formula is C11H12N2. The lowest BCUT2D eigenvalue weighted by Gasteiger charge is -1.92. The highest BCUT2D eigenvalue weighted by molar-refractivity contribution is 5.50. The zero-order chi connectivity index (χ0) is 9.84. The minimum absolute atomic E-state index is 0.653. The van der Waals surface area contributed by atoms with Crippen molar-refractivity contribution in [3.8, 4) is 12.3 Å². The lowest BCUT2D eigenvalue weighted by atomic mass is 10.3. The second-order valence-corrected chi connectivity index (χ2v) is 2.85. The minimum atomic E-state index is 0.653. The van der Waals surface area contributed by atoms with E-state index >= 15 is 0 Å². The monoisotopic (exact) mass is 172 g/mol. The second kappa shape index (κ2) is 3.77. The van der Waals surface area contributed by atoms with Crippen LogP contribution in [-0.4, -0.2) is 9.55 Å². The van der Waals surface area contributed by atoms with E-state index in [1.54, 1.807) is 6.08 Å². The molecule has 0 bridgehead atoms. The predicted molar refractivity (Wildman–Crippen MR) is 55.0 cm³/mol. The normalized spacial score (nSPS) is 10.2. The van der Waals surface area contributed by atoms with Crippen molar-refractivity contribution in [2.45, 2.75) is 6.92 Å². The largest absolute Gasteiger partial charge is 0.334 e. The fourth-order valence-electron chi connectivity index (χ4n) is 1.01. The van der Waals surface area contributed by atoms with Crippen LogP contribution in [0.1, 0.15) is 11.5 Å². The molecule has 0 fully saturated rings. The van der Waals surface area contributed by atoms with Crippen molar-refractivity contribution in [2.24, 2.45) is 7.05 Å². The summed E-state index contributed by atoms with van der Waals surface area (Å²) in [6.45, 7) is 5.62. The molecule has 0 unspecified atom stereocenters. The summed E-state index contributed by atoms with van der Waals surface area (Å²) in [4.78, 5) is 4.28. The minimum Gasteiger partial charge on any atom is -0.334 e. The fraction of sp³-hybridized carbons (Fsp3) is 0.182. The van der Waals surface area contributed by atoms with Gasteiger partial charge in [0.25, 0.3) is 0 Å². The number of rotatable bonds is 2. The molecule has 0 radical (unpaired) electrons. The van der Waals surface area contributed by atoms with Crippen LogP contribution in [0.3, 0.4) is 0 Å². The van der Waals surface area contributed by atoms with Crippen molar-refractivity contribution < 1.29 is 0 Å². The first kappa shape index (κ1) is 9.34. The summed E-state index contributed by atoms with van der Waals surface area (Å²) in [6.07, 6.45) is 10.7. The van der Waals surface area contributed by atoms with E-state index < -0.39 is 0 Å². The summed E-state index contributed by atoms with van der Waals surface area (Å²) < 4.78 is 1.94. The molecule has 1 heterocycles. The molecular weight excluding hydrogens is 160 g/mol. The lowest BCUT2D eigenvalue weighted by molar-refractivity contribution is 0.897. The Morgan fingerprint density at radius 2 is 2.46 bits per heavy atom. The summed E-state index contributed by atoms with van der Waals surface area (Å²) in [6, 6.07) is 0. The SMILES string of the molecule is C#CC(=C)/C=C\c1nc(C)cn1C. The van der Waals surface area contributed by atoms with E-state index in [4.69, 9.17) is 6.42 Å². The fourth-order valence-corrected chi connectivity index (χ4v) is 1.01. The number of allylic oxidation sites excluding steroid dienone is 2.